The number of fused-ring (bicyclic) bond motifs is 1. The smallest absolute Gasteiger partial charge is 0.315 e. The van der Waals surface area contributed by atoms with Crippen LogP contribution in [-0.4, -0.2) is 48.1 Å². The van der Waals surface area contributed by atoms with Gasteiger partial charge in [-0.05, 0) is 32.2 Å². The zero-order valence-electron chi connectivity index (χ0n) is 12.8. The highest BCUT2D eigenvalue weighted by atomic mass is 35.5. The lowest BCUT2D eigenvalue weighted by Crippen LogP contribution is -2.36. The van der Waals surface area contributed by atoms with Crippen LogP contribution in [0.4, 0.5) is 4.79 Å². The highest BCUT2D eigenvalue weighted by Gasteiger charge is 2.42. The molecular formula is C14H27ClN4O2S. The molecule has 3 unspecified atom stereocenters. The Morgan fingerprint density at radius 2 is 2.09 bits per heavy atom. The Kier molecular flexibility index (Phi) is 8.97. The number of rotatable bonds is 9. The molecule has 0 spiro atoms. The van der Waals surface area contributed by atoms with Gasteiger partial charge in [0.1, 0.15) is 0 Å². The topological polar surface area (TPSA) is 96.2 Å². The minimum atomic E-state index is -0.0350. The van der Waals surface area contributed by atoms with Crippen LogP contribution >= 0.6 is 24.2 Å². The summed E-state index contributed by atoms with van der Waals surface area (Å²) in [4.78, 5) is 22.9. The molecule has 2 aliphatic heterocycles. The van der Waals surface area contributed by atoms with Crippen LogP contribution in [0.3, 0.4) is 0 Å². The number of hydrogen-bond acceptors (Lipinski definition) is 4. The van der Waals surface area contributed by atoms with Crippen molar-refractivity contribution in [3.05, 3.63) is 0 Å². The molecular weight excluding hydrogens is 324 g/mol. The fourth-order valence-electron chi connectivity index (χ4n) is 2.86. The van der Waals surface area contributed by atoms with Gasteiger partial charge in [-0.3, -0.25) is 4.79 Å². The predicted octanol–water partition coefficient (Wildman–Crippen LogP) is 0.989. The highest BCUT2D eigenvalue weighted by molar-refractivity contribution is 8.00. The zero-order valence-corrected chi connectivity index (χ0v) is 14.4. The van der Waals surface area contributed by atoms with Crippen molar-refractivity contribution >= 4 is 36.1 Å². The van der Waals surface area contributed by atoms with Crippen molar-refractivity contribution in [2.45, 2.75) is 55.9 Å². The lowest BCUT2D eigenvalue weighted by molar-refractivity contribution is -0.121. The third-order valence-corrected chi connectivity index (χ3v) is 5.54. The largest absolute Gasteiger partial charge is 0.356 e. The van der Waals surface area contributed by atoms with E-state index < -0.39 is 0 Å². The number of carbonyl (C=O) groups is 2. The molecule has 2 rings (SSSR count). The van der Waals surface area contributed by atoms with Gasteiger partial charge in [0, 0.05) is 24.0 Å². The van der Waals surface area contributed by atoms with Gasteiger partial charge in [-0.15, -0.1) is 12.4 Å². The quantitative estimate of drug-likeness (QED) is 0.368. The van der Waals surface area contributed by atoms with E-state index in [4.69, 9.17) is 5.73 Å². The normalized spacial score (nSPS) is 25.9. The van der Waals surface area contributed by atoms with Crippen LogP contribution in [0, 0.1) is 0 Å². The highest BCUT2D eigenvalue weighted by Crippen LogP contribution is 2.33. The third kappa shape index (κ3) is 5.85. The number of unbranched alkanes of at least 4 members (excludes halogenated alkanes) is 2. The van der Waals surface area contributed by atoms with Crippen molar-refractivity contribution in [1.29, 1.82) is 0 Å². The standard InChI is InChI=1S/C14H26N4O2S.ClH/c15-7-3-4-8-16-12(19)6-2-1-5-11-13-10(9-21-11)17-14(20)18-13;/h10-11,13H,1-9,15H2,(H,16,19)(H2,17,18,20);1H. The van der Waals surface area contributed by atoms with E-state index in [2.05, 4.69) is 16.0 Å². The van der Waals surface area contributed by atoms with Crippen LogP contribution in [-0.2, 0) is 4.79 Å². The number of hydrogen-bond donors (Lipinski definition) is 4. The molecule has 0 saturated carbocycles. The van der Waals surface area contributed by atoms with Gasteiger partial charge in [0.25, 0.3) is 0 Å². The Morgan fingerprint density at radius 3 is 2.86 bits per heavy atom. The van der Waals surface area contributed by atoms with Crippen molar-refractivity contribution in [2.75, 3.05) is 18.8 Å². The molecule has 5 N–H and O–H groups in total. The molecule has 0 aromatic carbocycles. The summed E-state index contributed by atoms with van der Waals surface area (Å²) in [6, 6.07) is 0.526. The number of nitrogens with two attached hydrogens (primary N) is 1. The van der Waals surface area contributed by atoms with E-state index in [9.17, 15) is 9.59 Å². The summed E-state index contributed by atoms with van der Waals surface area (Å²) in [6.45, 7) is 1.42. The van der Waals surface area contributed by atoms with E-state index in [0.717, 1.165) is 44.4 Å². The number of amides is 3. The average molecular weight is 351 g/mol. The second kappa shape index (κ2) is 10.2. The molecule has 3 amide bonds. The Bertz CT molecular complexity index is 373. The van der Waals surface area contributed by atoms with Gasteiger partial charge in [0.2, 0.25) is 5.91 Å². The second-order valence-corrected chi connectivity index (χ2v) is 6.99. The first-order valence-corrected chi connectivity index (χ1v) is 8.91. The Balaban J connectivity index is 0.00000242. The summed E-state index contributed by atoms with van der Waals surface area (Å²) in [5.74, 6) is 1.13. The lowest BCUT2D eigenvalue weighted by atomic mass is 10.0. The molecule has 0 radical (unpaired) electrons. The monoisotopic (exact) mass is 350 g/mol. The molecule has 2 aliphatic rings. The van der Waals surface area contributed by atoms with Gasteiger partial charge in [0.15, 0.2) is 0 Å². The maximum absolute atomic E-state index is 11.6. The molecule has 0 aromatic heterocycles. The van der Waals surface area contributed by atoms with Crippen LogP contribution in [0.1, 0.15) is 38.5 Å². The molecule has 2 fully saturated rings. The van der Waals surface area contributed by atoms with Crippen molar-refractivity contribution in [3.8, 4) is 0 Å². The third-order valence-electron chi connectivity index (χ3n) is 4.03. The maximum Gasteiger partial charge on any atom is 0.315 e. The van der Waals surface area contributed by atoms with Gasteiger partial charge < -0.3 is 21.7 Å². The number of urea groups is 1. The fraction of sp³-hybridized carbons (Fsp3) is 0.857. The zero-order chi connectivity index (χ0) is 15.1. The predicted molar refractivity (Wildman–Crippen MR) is 92.5 cm³/mol. The van der Waals surface area contributed by atoms with Crippen LogP contribution in [0.25, 0.3) is 0 Å². The van der Waals surface area contributed by atoms with Gasteiger partial charge >= 0.3 is 6.03 Å². The van der Waals surface area contributed by atoms with E-state index >= 15 is 0 Å². The molecule has 0 bridgehead atoms. The first-order valence-electron chi connectivity index (χ1n) is 7.86. The van der Waals surface area contributed by atoms with Crippen molar-refractivity contribution in [1.82, 2.24) is 16.0 Å². The minimum absolute atomic E-state index is 0. The Hall–Kier alpha value is -0.660. The number of thioether (sulfide) groups is 1. The van der Waals surface area contributed by atoms with Crippen LogP contribution in [0.5, 0.6) is 0 Å². The number of carbonyl (C=O) groups excluding carboxylic acids is 2. The summed E-state index contributed by atoms with van der Waals surface area (Å²) >= 11 is 1.93. The van der Waals surface area contributed by atoms with E-state index in [1.54, 1.807) is 0 Å². The molecule has 128 valence electrons. The van der Waals surface area contributed by atoms with E-state index in [0.29, 0.717) is 24.3 Å². The molecule has 0 aromatic rings. The van der Waals surface area contributed by atoms with E-state index in [1.165, 1.54) is 0 Å². The summed E-state index contributed by atoms with van der Waals surface area (Å²) < 4.78 is 0. The van der Waals surface area contributed by atoms with Crippen LogP contribution < -0.4 is 21.7 Å². The summed E-state index contributed by atoms with van der Waals surface area (Å²) in [5.41, 5.74) is 5.40. The number of nitrogens with one attached hydrogen (secondary N) is 3. The van der Waals surface area contributed by atoms with Gasteiger partial charge in [-0.25, -0.2) is 4.79 Å². The van der Waals surface area contributed by atoms with Crippen molar-refractivity contribution in [3.63, 3.8) is 0 Å². The number of halogens is 1. The Labute approximate surface area is 142 Å². The van der Waals surface area contributed by atoms with Crippen LogP contribution in [0.15, 0.2) is 0 Å². The molecule has 3 atom stereocenters. The Morgan fingerprint density at radius 1 is 1.27 bits per heavy atom. The summed E-state index contributed by atoms with van der Waals surface area (Å²) in [6.07, 6.45) is 5.52. The first kappa shape index (κ1) is 19.4. The molecule has 6 nitrogen and oxygen atoms in total. The molecule has 8 heteroatoms. The van der Waals surface area contributed by atoms with Crippen LogP contribution in [0.2, 0.25) is 0 Å². The lowest BCUT2D eigenvalue weighted by Gasteiger charge is -2.16. The second-order valence-electron chi connectivity index (χ2n) is 5.71. The van der Waals surface area contributed by atoms with Crippen molar-refractivity contribution in [2.24, 2.45) is 5.73 Å². The van der Waals surface area contributed by atoms with Crippen molar-refractivity contribution < 1.29 is 9.59 Å². The molecule has 22 heavy (non-hydrogen) atoms. The van der Waals surface area contributed by atoms with E-state index in [1.807, 2.05) is 11.8 Å². The van der Waals surface area contributed by atoms with E-state index in [-0.39, 0.29) is 30.4 Å². The maximum atomic E-state index is 11.6. The van der Waals surface area contributed by atoms with Gasteiger partial charge in [-0.1, -0.05) is 6.42 Å². The molecule has 0 aliphatic carbocycles. The SMILES string of the molecule is Cl.NCCCCNC(=O)CCCCC1SCC2NC(=O)NC21. The average Bonchev–Trinajstić information content (AvgIpc) is 2.99. The summed E-state index contributed by atoms with van der Waals surface area (Å²) in [5, 5.41) is 9.35. The molecule has 2 heterocycles. The fourth-order valence-corrected chi connectivity index (χ4v) is 4.40. The van der Waals surface area contributed by atoms with Gasteiger partial charge in [0.05, 0.1) is 12.1 Å². The minimum Gasteiger partial charge on any atom is -0.356 e. The summed E-state index contributed by atoms with van der Waals surface area (Å²) in [7, 11) is 0. The van der Waals surface area contributed by atoms with Gasteiger partial charge in [-0.2, -0.15) is 11.8 Å². The molecule has 2 saturated heterocycles. The first-order chi connectivity index (χ1) is 10.2.